The Kier molecular flexibility index (Phi) is 5.87. The normalized spacial score (nSPS) is 15.2. The minimum Gasteiger partial charge on any atom is -0.348 e. The molecule has 1 aliphatic heterocycles. The summed E-state index contributed by atoms with van der Waals surface area (Å²) in [7, 11) is 0. The fourth-order valence-corrected chi connectivity index (χ4v) is 3.73. The minimum atomic E-state index is -0.000789. The molecule has 2 heterocycles. The van der Waals surface area contributed by atoms with Gasteiger partial charge in [-0.05, 0) is 43.2 Å². The lowest BCUT2D eigenvalue weighted by Crippen LogP contribution is -2.46. The number of thiophene rings is 1. The fourth-order valence-electron chi connectivity index (χ4n) is 3.10. The van der Waals surface area contributed by atoms with Crippen LogP contribution < -0.4 is 5.32 Å². The highest BCUT2D eigenvalue weighted by molar-refractivity contribution is 7.12. The molecule has 2 amide bonds. The van der Waals surface area contributed by atoms with E-state index in [-0.39, 0.29) is 17.9 Å². The molecule has 3 rings (SSSR count). The zero-order valence-electron chi connectivity index (χ0n) is 14.5. The average molecular weight is 356 g/mol. The van der Waals surface area contributed by atoms with Gasteiger partial charge in [0.05, 0.1) is 4.88 Å². The van der Waals surface area contributed by atoms with Gasteiger partial charge in [0.1, 0.15) is 0 Å². The molecule has 0 radical (unpaired) electrons. The van der Waals surface area contributed by atoms with Crippen LogP contribution in [0.15, 0.2) is 41.8 Å². The molecule has 0 atom stereocenters. The summed E-state index contributed by atoms with van der Waals surface area (Å²) in [6, 6.07) is 12.2. The van der Waals surface area contributed by atoms with E-state index < -0.39 is 0 Å². The van der Waals surface area contributed by atoms with Gasteiger partial charge in [-0.25, -0.2) is 0 Å². The van der Waals surface area contributed by atoms with Gasteiger partial charge in [0.2, 0.25) is 5.91 Å². The van der Waals surface area contributed by atoms with Gasteiger partial charge >= 0.3 is 0 Å². The highest BCUT2D eigenvalue weighted by Gasteiger charge is 2.24. The molecular formula is C20H24N2O2S. The largest absolute Gasteiger partial charge is 0.348 e. The van der Waals surface area contributed by atoms with Crippen molar-refractivity contribution in [1.82, 2.24) is 10.2 Å². The SMILES string of the molecule is Cc1ccc(CCC(=O)N2CCC(NC(=O)c3cccs3)CC2)cc1. The monoisotopic (exact) mass is 356 g/mol. The Morgan fingerprint density at radius 1 is 1.16 bits per heavy atom. The summed E-state index contributed by atoms with van der Waals surface area (Å²) in [5, 5.41) is 4.98. The molecular weight excluding hydrogens is 332 g/mol. The molecule has 25 heavy (non-hydrogen) atoms. The molecule has 0 saturated carbocycles. The molecule has 0 unspecified atom stereocenters. The van der Waals surface area contributed by atoms with E-state index >= 15 is 0 Å². The second-order valence-electron chi connectivity index (χ2n) is 6.59. The van der Waals surface area contributed by atoms with Gasteiger partial charge in [-0.1, -0.05) is 35.9 Å². The van der Waals surface area contributed by atoms with E-state index in [0.29, 0.717) is 6.42 Å². The summed E-state index contributed by atoms with van der Waals surface area (Å²) in [4.78, 5) is 27.2. The number of carbonyl (C=O) groups is 2. The number of nitrogens with zero attached hydrogens (tertiary/aromatic N) is 1. The molecule has 0 spiro atoms. The molecule has 1 N–H and O–H groups in total. The molecule has 132 valence electrons. The Morgan fingerprint density at radius 3 is 2.52 bits per heavy atom. The fraction of sp³-hybridized carbons (Fsp3) is 0.400. The lowest BCUT2D eigenvalue weighted by Gasteiger charge is -2.32. The third-order valence-corrected chi connectivity index (χ3v) is 5.54. The summed E-state index contributed by atoms with van der Waals surface area (Å²) in [6.07, 6.45) is 2.99. The molecule has 5 heteroatoms. The molecule has 1 aromatic carbocycles. The van der Waals surface area contributed by atoms with Crippen molar-refractivity contribution in [2.24, 2.45) is 0 Å². The standard InChI is InChI=1S/C20H24N2O2S/c1-15-4-6-16(7-5-15)8-9-19(23)22-12-10-17(11-13-22)21-20(24)18-3-2-14-25-18/h2-7,14,17H,8-13H2,1H3,(H,21,24). The lowest BCUT2D eigenvalue weighted by atomic mass is 10.0. The predicted octanol–water partition coefficient (Wildman–Crippen LogP) is 3.41. The molecule has 1 aliphatic rings. The number of piperidine rings is 1. The van der Waals surface area contributed by atoms with Crippen molar-refractivity contribution in [3.8, 4) is 0 Å². The molecule has 1 saturated heterocycles. The first kappa shape index (κ1) is 17.7. The quantitative estimate of drug-likeness (QED) is 0.892. The maximum absolute atomic E-state index is 12.4. The van der Waals surface area contributed by atoms with Crippen LogP contribution in [0.4, 0.5) is 0 Å². The first-order chi connectivity index (χ1) is 12.1. The van der Waals surface area contributed by atoms with Crippen molar-refractivity contribution in [2.75, 3.05) is 13.1 Å². The number of likely N-dealkylation sites (tertiary alicyclic amines) is 1. The van der Waals surface area contributed by atoms with E-state index in [1.807, 2.05) is 22.4 Å². The predicted molar refractivity (Wildman–Crippen MR) is 101 cm³/mol. The van der Waals surface area contributed by atoms with Crippen molar-refractivity contribution < 1.29 is 9.59 Å². The van der Waals surface area contributed by atoms with Crippen molar-refractivity contribution in [2.45, 2.75) is 38.6 Å². The van der Waals surface area contributed by atoms with Crippen molar-refractivity contribution >= 4 is 23.2 Å². The van der Waals surface area contributed by atoms with Gasteiger partial charge < -0.3 is 10.2 Å². The zero-order valence-corrected chi connectivity index (χ0v) is 15.3. The number of hydrogen-bond donors (Lipinski definition) is 1. The van der Waals surface area contributed by atoms with Crippen LogP contribution >= 0.6 is 11.3 Å². The van der Waals surface area contributed by atoms with Crippen LogP contribution in [-0.4, -0.2) is 35.8 Å². The number of amides is 2. The van der Waals surface area contributed by atoms with Crippen molar-refractivity contribution in [1.29, 1.82) is 0 Å². The van der Waals surface area contributed by atoms with Crippen molar-refractivity contribution in [3.63, 3.8) is 0 Å². The number of nitrogens with one attached hydrogen (secondary N) is 1. The second kappa shape index (κ2) is 8.30. The Hall–Kier alpha value is -2.14. The molecule has 0 bridgehead atoms. The molecule has 4 nitrogen and oxygen atoms in total. The van der Waals surface area contributed by atoms with Crippen LogP contribution in [0.2, 0.25) is 0 Å². The third-order valence-electron chi connectivity index (χ3n) is 4.68. The highest BCUT2D eigenvalue weighted by Crippen LogP contribution is 2.15. The maximum Gasteiger partial charge on any atom is 0.261 e. The molecule has 1 aromatic heterocycles. The molecule has 0 aliphatic carbocycles. The summed E-state index contributed by atoms with van der Waals surface area (Å²) in [5.74, 6) is 0.211. The first-order valence-corrected chi connectivity index (χ1v) is 9.67. The summed E-state index contributed by atoms with van der Waals surface area (Å²) < 4.78 is 0. The Labute approximate surface area is 152 Å². The number of carbonyl (C=O) groups excluding carboxylic acids is 2. The Balaban J connectivity index is 1.41. The third kappa shape index (κ3) is 4.92. The van der Waals surface area contributed by atoms with Gasteiger partial charge in [-0.3, -0.25) is 9.59 Å². The molecule has 1 fully saturated rings. The summed E-state index contributed by atoms with van der Waals surface area (Å²) in [5.41, 5.74) is 2.44. The van der Waals surface area contributed by atoms with E-state index in [2.05, 4.69) is 36.5 Å². The van der Waals surface area contributed by atoms with E-state index in [9.17, 15) is 9.59 Å². The zero-order chi connectivity index (χ0) is 17.6. The summed E-state index contributed by atoms with van der Waals surface area (Å²) >= 11 is 1.45. The van der Waals surface area contributed by atoms with Crippen LogP contribution in [0.1, 0.15) is 40.1 Å². The van der Waals surface area contributed by atoms with Gasteiger partial charge in [-0.15, -0.1) is 11.3 Å². The minimum absolute atomic E-state index is 0.000789. The van der Waals surface area contributed by atoms with E-state index in [1.165, 1.54) is 22.5 Å². The number of hydrogen-bond acceptors (Lipinski definition) is 3. The maximum atomic E-state index is 12.4. The highest BCUT2D eigenvalue weighted by atomic mass is 32.1. The number of benzene rings is 1. The number of aryl methyl sites for hydroxylation is 2. The van der Waals surface area contributed by atoms with Gasteiger partial charge in [-0.2, -0.15) is 0 Å². The van der Waals surface area contributed by atoms with Crippen LogP contribution in [0.25, 0.3) is 0 Å². The van der Waals surface area contributed by atoms with E-state index in [4.69, 9.17) is 0 Å². The van der Waals surface area contributed by atoms with Crippen LogP contribution in [0.3, 0.4) is 0 Å². The van der Waals surface area contributed by atoms with E-state index in [1.54, 1.807) is 0 Å². The Bertz CT molecular complexity index is 702. The van der Waals surface area contributed by atoms with Crippen molar-refractivity contribution in [3.05, 3.63) is 57.8 Å². The topological polar surface area (TPSA) is 49.4 Å². The van der Waals surface area contributed by atoms with Crippen LogP contribution in [0.5, 0.6) is 0 Å². The van der Waals surface area contributed by atoms with Gasteiger partial charge in [0.15, 0.2) is 0 Å². The number of rotatable bonds is 5. The molecule has 2 aromatic rings. The van der Waals surface area contributed by atoms with Gasteiger partial charge in [0, 0.05) is 25.6 Å². The van der Waals surface area contributed by atoms with Crippen LogP contribution in [-0.2, 0) is 11.2 Å². The first-order valence-electron chi connectivity index (χ1n) is 8.79. The summed E-state index contributed by atoms with van der Waals surface area (Å²) in [6.45, 7) is 3.51. The smallest absolute Gasteiger partial charge is 0.261 e. The second-order valence-corrected chi connectivity index (χ2v) is 7.54. The Morgan fingerprint density at radius 2 is 1.88 bits per heavy atom. The lowest BCUT2D eigenvalue weighted by molar-refractivity contribution is -0.132. The van der Waals surface area contributed by atoms with Crippen LogP contribution in [0, 0.1) is 6.92 Å². The van der Waals surface area contributed by atoms with Gasteiger partial charge in [0.25, 0.3) is 5.91 Å². The average Bonchev–Trinajstić information content (AvgIpc) is 3.16. The van der Waals surface area contributed by atoms with E-state index in [0.717, 1.165) is 37.2 Å².